The highest BCUT2D eigenvalue weighted by Gasteiger charge is 2.22. The van der Waals surface area contributed by atoms with Gasteiger partial charge in [-0.1, -0.05) is 56.4 Å². The van der Waals surface area contributed by atoms with Crippen LogP contribution >= 0.6 is 11.3 Å². The molecule has 0 unspecified atom stereocenters. The van der Waals surface area contributed by atoms with E-state index in [1.54, 1.807) is 18.3 Å². The molecule has 0 saturated heterocycles. The van der Waals surface area contributed by atoms with Gasteiger partial charge in [0.15, 0.2) is 5.13 Å². The van der Waals surface area contributed by atoms with Crippen molar-refractivity contribution in [3.63, 3.8) is 0 Å². The van der Waals surface area contributed by atoms with Gasteiger partial charge < -0.3 is 15.6 Å². The fourth-order valence-corrected chi connectivity index (χ4v) is 4.96. The lowest BCUT2D eigenvalue weighted by atomic mass is 9.96. The molecule has 6 nitrogen and oxygen atoms in total. The van der Waals surface area contributed by atoms with Crippen LogP contribution in [0.25, 0.3) is 32.2 Å². The monoisotopic (exact) mass is 514 g/mol. The molecule has 0 bridgehead atoms. The Morgan fingerprint density at radius 2 is 1.78 bits per heavy atom. The third-order valence-electron chi connectivity index (χ3n) is 6.25. The Kier molecular flexibility index (Phi) is 6.29. The molecule has 2 aromatic heterocycles. The predicted octanol–water partition coefficient (Wildman–Crippen LogP) is 7.06. The maximum atomic E-state index is 13.6. The van der Waals surface area contributed by atoms with Crippen molar-refractivity contribution in [3.8, 4) is 11.1 Å². The Bertz CT molecular complexity index is 1650. The van der Waals surface area contributed by atoms with E-state index in [9.17, 15) is 14.0 Å². The largest absolute Gasteiger partial charge is 0.360 e. The highest BCUT2D eigenvalue weighted by Crippen LogP contribution is 2.33. The number of anilines is 1. The third kappa shape index (κ3) is 5.11. The highest BCUT2D eigenvalue weighted by atomic mass is 32.1. The summed E-state index contributed by atoms with van der Waals surface area (Å²) in [5.74, 6) is -0.656. The molecule has 5 aromatic rings. The normalized spacial score (nSPS) is 12.6. The summed E-state index contributed by atoms with van der Waals surface area (Å²) in [7, 11) is 0. The molecule has 0 aliphatic heterocycles. The van der Waals surface area contributed by atoms with Crippen LogP contribution in [0.3, 0.4) is 0 Å². The summed E-state index contributed by atoms with van der Waals surface area (Å²) >= 11 is 1.43. The zero-order chi connectivity index (χ0) is 26.3. The average Bonchev–Trinajstić information content (AvgIpc) is 3.46. The molecule has 3 N–H and O–H groups in total. The molecule has 37 heavy (non-hydrogen) atoms. The van der Waals surface area contributed by atoms with Crippen molar-refractivity contribution in [3.05, 3.63) is 83.8 Å². The van der Waals surface area contributed by atoms with Gasteiger partial charge in [0.1, 0.15) is 5.82 Å². The lowest BCUT2D eigenvalue weighted by molar-refractivity contribution is -0.123. The first-order chi connectivity index (χ1) is 17.6. The number of carbonyl (C=O) groups excluding carboxylic acids is 2. The summed E-state index contributed by atoms with van der Waals surface area (Å²) < 4.78 is 14.6. The second-order valence-electron chi connectivity index (χ2n) is 10.1. The number of H-pyrrole nitrogens is 1. The maximum absolute atomic E-state index is 13.6. The summed E-state index contributed by atoms with van der Waals surface area (Å²) in [6, 6.07) is 17.8. The van der Waals surface area contributed by atoms with E-state index in [-0.39, 0.29) is 23.7 Å². The number of aromatic nitrogens is 2. The van der Waals surface area contributed by atoms with Gasteiger partial charge in [-0.15, -0.1) is 0 Å². The second-order valence-corrected chi connectivity index (χ2v) is 11.1. The molecule has 0 radical (unpaired) electrons. The number of hydrogen-bond acceptors (Lipinski definition) is 4. The number of benzene rings is 3. The minimum absolute atomic E-state index is 0.0813. The lowest BCUT2D eigenvalue weighted by Crippen LogP contribution is -2.27. The SMILES string of the molecule is C[C@H](NC(=O)c1c[nH]c2ccc(-c3ccc4nc(NC(=O)C(C)(C)C)sc4c3)cc12)c1cccc(F)c1. The molecule has 0 aliphatic carbocycles. The number of amides is 2. The van der Waals surface area contributed by atoms with Crippen LogP contribution in [0.5, 0.6) is 0 Å². The van der Waals surface area contributed by atoms with Gasteiger partial charge >= 0.3 is 0 Å². The third-order valence-corrected chi connectivity index (χ3v) is 7.18. The smallest absolute Gasteiger partial charge is 0.253 e. The van der Waals surface area contributed by atoms with Gasteiger partial charge in [-0.3, -0.25) is 9.59 Å². The Labute approximate surface area is 217 Å². The zero-order valence-corrected chi connectivity index (χ0v) is 21.8. The molecule has 188 valence electrons. The highest BCUT2D eigenvalue weighted by molar-refractivity contribution is 7.22. The summed E-state index contributed by atoms with van der Waals surface area (Å²) in [4.78, 5) is 33.2. The Morgan fingerprint density at radius 3 is 2.54 bits per heavy atom. The summed E-state index contributed by atoms with van der Waals surface area (Å²) in [5, 5.41) is 7.23. The van der Waals surface area contributed by atoms with Crippen molar-refractivity contribution in [1.82, 2.24) is 15.3 Å². The maximum Gasteiger partial charge on any atom is 0.253 e. The molecular formula is C29H27FN4O2S. The predicted molar refractivity (Wildman–Crippen MR) is 147 cm³/mol. The van der Waals surface area contributed by atoms with Gasteiger partial charge in [0.25, 0.3) is 5.91 Å². The van der Waals surface area contributed by atoms with E-state index in [0.29, 0.717) is 16.3 Å². The number of carbonyl (C=O) groups is 2. The number of fused-ring (bicyclic) bond motifs is 2. The van der Waals surface area contributed by atoms with Crippen LogP contribution in [0.1, 0.15) is 49.7 Å². The van der Waals surface area contributed by atoms with E-state index in [1.165, 1.54) is 23.5 Å². The first-order valence-electron chi connectivity index (χ1n) is 12.0. The van der Waals surface area contributed by atoms with Crippen LogP contribution in [-0.4, -0.2) is 21.8 Å². The van der Waals surface area contributed by atoms with Gasteiger partial charge in [0.05, 0.1) is 21.8 Å². The van der Waals surface area contributed by atoms with Crippen molar-refractivity contribution in [1.29, 1.82) is 0 Å². The number of hydrogen-bond donors (Lipinski definition) is 3. The first-order valence-corrected chi connectivity index (χ1v) is 12.8. The number of halogens is 1. The molecule has 1 atom stereocenters. The Balaban J connectivity index is 1.41. The second kappa shape index (κ2) is 9.44. The van der Waals surface area contributed by atoms with E-state index in [4.69, 9.17) is 0 Å². The van der Waals surface area contributed by atoms with Crippen molar-refractivity contribution >= 4 is 49.4 Å². The fourth-order valence-electron chi connectivity index (χ4n) is 4.06. The molecule has 0 spiro atoms. The Hall–Kier alpha value is -4.04. The van der Waals surface area contributed by atoms with Gasteiger partial charge in [-0.05, 0) is 60.0 Å². The van der Waals surface area contributed by atoms with Crippen molar-refractivity contribution in [2.75, 3.05) is 5.32 Å². The number of aromatic amines is 1. The summed E-state index contributed by atoms with van der Waals surface area (Å²) in [6.07, 6.45) is 1.69. The molecule has 0 fully saturated rings. The van der Waals surface area contributed by atoms with Gasteiger partial charge in [0, 0.05) is 22.5 Å². The molecule has 2 heterocycles. The zero-order valence-electron chi connectivity index (χ0n) is 21.0. The van der Waals surface area contributed by atoms with Crippen LogP contribution in [0.15, 0.2) is 66.9 Å². The molecular weight excluding hydrogens is 487 g/mol. The van der Waals surface area contributed by atoms with Crippen LogP contribution in [0.4, 0.5) is 9.52 Å². The topological polar surface area (TPSA) is 86.9 Å². The number of thiazole rings is 1. The van der Waals surface area contributed by atoms with Crippen LogP contribution < -0.4 is 10.6 Å². The van der Waals surface area contributed by atoms with Crippen molar-refractivity contribution < 1.29 is 14.0 Å². The fraction of sp³-hybridized carbons (Fsp3) is 0.207. The molecule has 3 aromatic carbocycles. The average molecular weight is 515 g/mol. The number of nitrogens with one attached hydrogen (secondary N) is 3. The number of rotatable bonds is 5. The molecule has 0 aliphatic rings. The molecule has 8 heteroatoms. The van der Waals surface area contributed by atoms with E-state index >= 15 is 0 Å². The van der Waals surface area contributed by atoms with E-state index in [2.05, 4.69) is 20.6 Å². The van der Waals surface area contributed by atoms with Crippen molar-refractivity contribution in [2.24, 2.45) is 5.41 Å². The molecule has 2 amide bonds. The molecule has 5 rings (SSSR count). The van der Waals surface area contributed by atoms with Crippen LogP contribution in [0, 0.1) is 11.2 Å². The van der Waals surface area contributed by atoms with Gasteiger partial charge in [-0.2, -0.15) is 0 Å². The first kappa shape index (κ1) is 24.6. The van der Waals surface area contributed by atoms with E-state index in [0.717, 1.165) is 32.2 Å². The van der Waals surface area contributed by atoms with Crippen LogP contribution in [0.2, 0.25) is 0 Å². The summed E-state index contributed by atoms with van der Waals surface area (Å²) in [5.41, 5.74) is 4.30. The van der Waals surface area contributed by atoms with E-state index in [1.807, 2.05) is 64.1 Å². The Morgan fingerprint density at radius 1 is 1.03 bits per heavy atom. The minimum Gasteiger partial charge on any atom is -0.360 e. The van der Waals surface area contributed by atoms with Crippen LogP contribution in [-0.2, 0) is 4.79 Å². The number of nitrogens with zero attached hydrogens (tertiary/aromatic N) is 1. The van der Waals surface area contributed by atoms with Gasteiger partial charge in [-0.25, -0.2) is 9.37 Å². The molecule has 0 saturated carbocycles. The standard InChI is InChI=1S/C29H27FN4O2S/c1-16(17-6-5-7-20(30)12-17)32-26(35)22-15-31-23-10-8-18(13-21(22)23)19-9-11-24-25(14-19)37-28(33-24)34-27(36)29(2,3)4/h5-16,31H,1-4H3,(H,32,35)(H,33,34,36)/t16-/m0/s1. The van der Waals surface area contributed by atoms with Gasteiger partial charge in [0.2, 0.25) is 5.91 Å². The van der Waals surface area contributed by atoms with E-state index < -0.39 is 5.41 Å². The minimum atomic E-state index is -0.506. The van der Waals surface area contributed by atoms with Crippen molar-refractivity contribution in [2.45, 2.75) is 33.7 Å². The quantitative estimate of drug-likeness (QED) is 0.235. The lowest BCUT2D eigenvalue weighted by Gasteiger charge is -2.15. The summed E-state index contributed by atoms with van der Waals surface area (Å²) in [6.45, 7) is 7.42.